The Morgan fingerprint density at radius 2 is 1.72 bits per heavy atom. The molecule has 0 aliphatic heterocycles. The average Bonchev–Trinajstić information content (AvgIpc) is 2.75. The molecule has 0 aliphatic rings. The second-order valence-corrected chi connectivity index (χ2v) is 6.35. The number of anilines is 1. The molecule has 0 atom stereocenters. The fourth-order valence-corrected chi connectivity index (χ4v) is 2.74. The molecule has 3 rings (SSSR count). The molecule has 0 aliphatic carbocycles. The molecule has 0 saturated heterocycles. The van der Waals surface area contributed by atoms with Gasteiger partial charge in [0.2, 0.25) is 0 Å². The van der Waals surface area contributed by atoms with Crippen molar-refractivity contribution in [2.45, 2.75) is 0 Å². The summed E-state index contributed by atoms with van der Waals surface area (Å²) < 4.78 is 0. The lowest BCUT2D eigenvalue weighted by Gasteiger charge is -2.20. The second-order valence-electron chi connectivity index (χ2n) is 5.93. The highest BCUT2D eigenvalue weighted by molar-refractivity contribution is 7.80. The third-order valence-corrected chi connectivity index (χ3v) is 4.20. The smallest absolute Gasteiger partial charge is 0.269 e. The zero-order valence-corrected chi connectivity index (χ0v) is 16.1. The number of nitrogens with two attached hydrogens (primary N) is 1. The van der Waals surface area contributed by atoms with Gasteiger partial charge in [0, 0.05) is 23.9 Å². The lowest BCUT2D eigenvalue weighted by atomic mass is 10.0. The minimum atomic E-state index is -0.477. The molecule has 1 heterocycles. The number of pyridine rings is 1. The van der Waals surface area contributed by atoms with Crippen LogP contribution in [0, 0.1) is 10.1 Å². The quantitative estimate of drug-likeness (QED) is 0.287. The fourth-order valence-electron chi connectivity index (χ4n) is 2.59. The molecular formula is C21H17N5O2S. The van der Waals surface area contributed by atoms with Gasteiger partial charge in [0.25, 0.3) is 5.69 Å². The summed E-state index contributed by atoms with van der Waals surface area (Å²) in [5.41, 5.74) is 8.90. The van der Waals surface area contributed by atoms with Crippen LogP contribution in [0.1, 0.15) is 11.3 Å². The zero-order chi connectivity index (χ0) is 20.8. The third-order valence-electron chi connectivity index (χ3n) is 4.03. The molecule has 2 N–H and O–H groups in total. The number of allylic oxidation sites excluding steroid dienone is 1. The highest BCUT2D eigenvalue weighted by Crippen LogP contribution is 2.23. The van der Waals surface area contributed by atoms with E-state index < -0.39 is 4.92 Å². The van der Waals surface area contributed by atoms with Crippen LogP contribution in [0.2, 0.25) is 0 Å². The van der Waals surface area contributed by atoms with Gasteiger partial charge < -0.3 is 5.73 Å². The summed E-state index contributed by atoms with van der Waals surface area (Å²) >= 11 is 5.17. The number of benzene rings is 2. The van der Waals surface area contributed by atoms with Gasteiger partial charge in [0.1, 0.15) is 5.71 Å². The highest BCUT2D eigenvalue weighted by atomic mass is 32.1. The lowest BCUT2D eigenvalue weighted by molar-refractivity contribution is -0.384. The Bertz CT molecular complexity index is 1070. The monoisotopic (exact) mass is 403 g/mol. The molecule has 7 nitrogen and oxygen atoms in total. The molecule has 3 aromatic rings. The number of thiocarbonyl (C=S) groups is 1. The van der Waals surface area contributed by atoms with Crippen molar-refractivity contribution in [1.29, 1.82) is 0 Å². The van der Waals surface area contributed by atoms with Gasteiger partial charge >= 0.3 is 0 Å². The number of non-ortho nitro benzene ring substituents is 1. The first kappa shape index (κ1) is 19.8. The van der Waals surface area contributed by atoms with Gasteiger partial charge in [-0.25, -0.2) is 5.01 Å². The Hall–Kier alpha value is -3.91. The number of hydrogen-bond donors (Lipinski definition) is 1. The molecular weight excluding hydrogens is 386 g/mol. The van der Waals surface area contributed by atoms with Crippen molar-refractivity contribution in [3.05, 3.63) is 107 Å². The highest BCUT2D eigenvalue weighted by Gasteiger charge is 2.17. The first-order valence-corrected chi connectivity index (χ1v) is 8.97. The van der Waals surface area contributed by atoms with Crippen LogP contribution < -0.4 is 10.7 Å². The van der Waals surface area contributed by atoms with E-state index in [1.165, 1.54) is 29.3 Å². The molecule has 2 aromatic carbocycles. The Kier molecular flexibility index (Phi) is 6.06. The second kappa shape index (κ2) is 8.85. The largest absolute Gasteiger partial charge is 0.374 e. The van der Waals surface area contributed by atoms with Crippen LogP contribution in [0.3, 0.4) is 0 Å². The van der Waals surface area contributed by atoms with Crippen LogP contribution in [0.25, 0.3) is 5.57 Å². The van der Waals surface area contributed by atoms with E-state index in [1.807, 2.05) is 36.4 Å². The van der Waals surface area contributed by atoms with E-state index in [0.717, 1.165) is 5.56 Å². The van der Waals surface area contributed by atoms with Crippen molar-refractivity contribution in [2.24, 2.45) is 10.8 Å². The number of nitro groups is 1. The van der Waals surface area contributed by atoms with E-state index in [1.54, 1.807) is 18.3 Å². The summed E-state index contributed by atoms with van der Waals surface area (Å²) in [6, 6.07) is 20.8. The van der Waals surface area contributed by atoms with E-state index in [2.05, 4.69) is 16.7 Å². The first-order chi connectivity index (χ1) is 14.0. The van der Waals surface area contributed by atoms with E-state index in [0.29, 0.717) is 22.7 Å². The Morgan fingerprint density at radius 3 is 2.28 bits per heavy atom. The number of nitrogens with zero attached hydrogens (tertiary/aromatic N) is 4. The van der Waals surface area contributed by atoms with Gasteiger partial charge in [0.05, 0.1) is 16.3 Å². The molecule has 0 unspecified atom stereocenters. The molecule has 1 aromatic heterocycles. The van der Waals surface area contributed by atoms with E-state index in [-0.39, 0.29) is 10.8 Å². The molecule has 0 saturated carbocycles. The van der Waals surface area contributed by atoms with Crippen LogP contribution in [0.4, 0.5) is 11.4 Å². The number of rotatable bonds is 6. The zero-order valence-electron chi connectivity index (χ0n) is 15.3. The topological polar surface area (TPSA) is 97.6 Å². The summed E-state index contributed by atoms with van der Waals surface area (Å²) in [5, 5.41) is 16.8. The predicted molar refractivity (Wildman–Crippen MR) is 119 cm³/mol. The van der Waals surface area contributed by atoms with Crippen LogP contribution in [-0.2, 0) is 0 Å². The van der Waals surface area contributed by atoms with Crippen molar-refractivity contribution in [1.82, 2.24) is 4.98 Å². The molecule has 29 heavy (non-hydrogen) atoms. The summed E-state index contributed by atoms with van der Waals surface area (Å²) in [6.07, 6.45) is 1.65. The van der Waals surface area contributed by atoms with Gasteiger partial charge in [-0.15, -0.1) is 0 Å². The Labute approximate surface area is 173 Å². The van der Waals surface area contributed by atoms with Crippen molar-refractivity contribution >= 4 is 40.0 Å². The molecule has 0 fully saturated rings. The van der Waals surface area contributed by atoms with Crippen LogP contribution in [0.15, 0.2) is 90.7 Å². The fraction of sp³-hybridized carbons (Fsp3) is 0. The van der Waals surface area contributed by atoms with Gasteiger partial charge in [0.15, 0.2) is 5.11 Å². The van der Waals surface area contributed by atoms with Crippen molar-refractivity contribution < 1.29 is 4.92 Å². The number of hydrogen-bond acceptors (Lipinski definition) is 5. The van der Waals surface area contributed by atoms with E-state index in [4.69, 9.17) is 18.0 Å². The van der Waals surface area contributed by atoms with Gasteiger partial charge in [-0.05, 0) is 42.0 Å². The minimum absolute atomic E-state index is 0.0202. The summed E-state index contributed by atoms with van der Waals surface area (Å²) in [4.78, 5) is 14.8. The molecule has 0 radical (unpaired) electrons. The number of nitro benzene ring substituents is 1. The van der Waals surface area contributed by atoms with Gasteiger partial charge in [-0.2, -0.15) is 5.10 Å². The molecule has 0 amide bonds. The predicted octanol–water partition coefficient (Wildman–Crippen LogP) is 4.16. The van der Waals surface area contributed by atoms with Crippen LogP contribution >= 0.6 is 12.2 Å². The van der Waals surface area contributed by atoms with Gasteiger partial charge in [-0.1, -0.05) is 43.0 Å². The molecule has 0 bridgehead atoms. The van der Waals surface area contributed by atoms with Crippen LogP contribution in [0.5, 0.6) is 0 Å². The molecule has 144 valence electrons. The SMILES string of the molecule is C=C(C(=NN(C(N)=S)c1ccc([N+](=O)[O-])cc1)c1ccccn1)c1ccccc1. The standard InChI is InChI=1S/C21H17N5O2S/c1-15(16-7-3-2-4-8-16)20(19-9-5-6-14-23-19)24-25(21(22)29)17-10-12-18(13-11-17)26(27)28/h2-14H,1H2,(H2,22,29). The van der Waals surface area contributed by atoms with Crippen LogP contribution in [-0.4, -0.2) is 20.7 Å². The Morgan fingerprint density at radius 1 is 1.07 bits per heavy atom. The Balaban J connectivity index is 2.10. The first-order valence-electron chi connectivity index (χ1n) is 8.56. The molecule has 0 spiro atoms. The van der Waals surface area contributed by atoms with E-state index in [9.17, 15) is 10.1 Å². The maximum Gasteiger partial charge on any atom is 0.269 e. The lowest BCUT2D eigenvalue weighted by Crippen LogP contribution is -2.32. The summed E-state index contributed by atoms with van der Waals surface area (Å²) in [5.74, 6) is 0. The maximum atomic E-state index is 10.9. The van der Waals surface area contributed by atoms with Crippen molar-refractivity contribution in [2.75, 3.05) is 5.01 Å². The minimum Gasteiger partial charge on any atom is -0.374 e. The molecule has 8 heteroatoms. The normalized spacial score (nSPS) is 11.0. The third kappa shape index (κ3) is 4.69. The van der Waals surface area contributed by atoms with Gasteiger partial charge in [-0.3, -0.25) is 15.1 Å². The summed E-state index contributed by atoms with van der Waals surface area (Å²) in [7, 11) is 0. The van der Waals surface area contributed by atoms with Crippen molar-refractivity contribution in [3.63, 3.8) is 0 Å². The summed E-state index contributed by atoms with van der Waals surface area (Å²) in [6.45, 7) is 4.17. The van der Waals surface area contributed by atoms with Crippen molar-refractivity contribution in [3.8, 4) is 0 Å². The number of aromatic nitrogens is 1. The average molecular weight is 403 g/mol. The maximum absolute atomic E-state index is 10.9. The van der Waals surface area contributed by atoms with E-state index >= 15 is 0 Å². The number of hydrazone groups is 1.